The lowest BCUT2D eigenvalue weighted by Crippen LogP contribution is -2.24. The Balaban J connectivity index is 2.73. The highest BCUT2D eigenvalue weighted by atomic mass is 19.2. The van der Waals surface area contributed by atoms with Gasteiger partial charge in [-0.25, -0.2) is 4.79 Å². The van der Waals surface area contributed by atoms with Crippen LogP contribution in [0.4, 0.5) is 14.5 Å². The van der Waals surface area contributed by atoms with Crippen molar-refractivity contribution in [3.8, 4) is 5.75 Å². The number of halogens is 2. The number of hydrogen-bond donors (Lipinski definition) is 1. The number of nitro benzene ring substituents is 1. The number of carbonyl (C=O) groups is 1. The summed E-state index contributed by atoms with van der Waals surface area (Å²) in [6, 6.07) is -0.278. The molecule has 1 aliphatic carbocycles. The van der Waals surface area contributed by atoms with Gasteiger partial charge in [-0.2, -0.15) is 8.78 Å². The van der Waals surface area contributed by atoms with Crippen molar-refractivity contribution in [2.24, 2.45) is 0 Å². The number of methoxy groups -OCH3 is 1. The first-order valence-corrected chi connectivity index (χ1v) is 7.23. The Bertz CT molecular complexity index is 1010. The molecule has 0 atom stereocenters. The number of carboxylic acids is 1. The Kier molecular flexibility index (Phi) is 3.70. The molecule has 0 radical (unpaired) electrons. The normalized spacial score (nSPS) is 13.9. The van der Waals surface area contributed by atoms with Crippen molar-refractivity contribution in [2.75, 3.05) is 7.11 Å². The highest BCUT2D eigenvalue weighted by molar-refractivity contribution is 6.00. The number of nitrogens with zero attached hydrogens (tertiary/aromatic N) is 2. The van der Waals surface area contributed by atoms with Crippen molar-refractivity contribution in [1.82, 2.24) is 4.57 Å². The van der Waals surface area contributed by atoms with Crippen LogP contribution in [0.5, 0.6) is 5.75 Å². The second-order valence-electron chi connectivity index (χ2n) is 5.69. The van der Waals surface area contributed by atoms with E-state index in [1.807, 2.05) is 0 Å². The molecule has 10 heteroatoms. The lowest BCUT2D eigenvalue weighted by atomic mass is 10.0. The third-order valence-electron chi connectivity index (χ3n) is 4.22. The van der Waals surface area contributed by atoms with Crippen LogP contribution in [0, 0.1) is 28.7 Å². The highest BCUT2D eigenvalue weighted by Crippen LogP contribution is 2.44. The number of pyridine rings is 1. The molecule has 1 aromatic heterocycles. The van der Waals surface area contributed by atoms with Crippen LogP contribution < -0.4 is 10.2 Å². The number of carboxylic acid groups (broad SMARTS) is 1. The smallest absolute Gasteiger partial charge is 0.341 e. The molecule has 1 saturated carbocycles. The Morgan fingerprint density at radius 2 is 1.96 bits per heavy atom. The molecule has 1 aliphatic rings. The molecule has 1 heterocycles. The van der Waals surface area contributed by atoms with Crippen molar-refractivity contribution < 1.29 is 28.3 Å². The second kappa shape index (κ2) is 5.50. The van der Waals surface area contributed by atoms with Crippen LogP contribution in [0.15, 0.2) is 4.79 Å². The number of rotatable bonds is 4. The fourth-order valence-electron chi connectivity index (χ4n) is 3.06. The molecule has 0 aliphatic heterocycles. The number of hydrogen-bond acceptors (Lipinski definition) is 5. The van der Waals surface area contributed by atoms with E-state index in [1.165, 1.54) is 11.5 Å². The Hall–Kier alpha value is -3.04. The van der Waals surface area contributed by atoms with Crippen molar-refractivity contribution >= 4 is 22.6 Å². The molecule has 0 amide bonds. The summed E-state index contributed by atoms with van der Waals surface area (Å²) in [7, 11) is 1.03. The first-order chi connectivity index (χ1) is 11.7. The molecule has 0 spiro atoms. The zero-order valence-corrected chi connectivity index (χ0v) is 13.1. The van der Waals surface area contributed by atoms with Crippen LogP contribution in [-0.4, -0.2) is 27.7 Å². The standard InChI is InChI=1S/C15H12F2N2O6/c1-5-7(15(21)22)13(20)8-11(19(23)24)9(16)10(17)14(25-2)12(8)18(5)6-3-4-6/h6H,3-4H2,1-2H3,(H,21,22). The van der Waals surface area contributed by atoms with Crippen LogP contribution in [0.2, 0.25) is 0 Å². The number of fused-ring (bicyclic) bond motifs is 1. The highest BCUT2D eigenvalue weighted by Gasteiger charge is 2.38. The van der Waals surface area contributed by atoms with Gasteiger partial charge in [-0.3, -0.25) is 14.9 Å². The summed E-state index contributed by atoms with van der Waals surface area (Å²) in [5.74, 6) is -5.73. The number of nitro groups is 1. The summed E-state index contributed by atoms with van der Waals surface area (Å²) >= 11 is 0. The molecule has 1 N–H and O–H groups in total. The minimum Gasteiger partial charge on any atom is -0.491 e. The number of aromatic carboxylic acids is 1. The van der Waals surface area contributed by atoms with E-state index in [-0.39, 0.29) is 17.3 Å². The maximum Gasteiger partial charge on any atom is 0.341 e. The largest absolute Gasteiger partial charge is 0.491 e. The van der Waals surface area contributed by atoms with E-state index in [1.54, 1.807) is 0 Å². The van der Waals surface area contributed by atoms with Gasteiger partial charge in [-0.05, 0) is 19.8 Å². The Morgan fingerprint density at radius 3 is 2.40 bits per heavy atom. The third kappa shape index (κ3) is 2.24. The molecule has 0 unspecified atom stereocenters. The van der Waals surface area contributed by atoms with E-state index >= 15 is 0 Å². The van der Waals surface area contributed by atoms with Gasteiger partial charge in [0.05, 0.1) is 12.0 Å². The van der Waals surface area contributed by atoms with E-state index in [4.69, 9.17) is 4.74 Å². The van der Waals surface area contributed by atoms with Crippen LogP contribution in [-0.2, 0) is 0 Å². The van der Waals surface area contributed by atoms with Gasteiger partial charge in [0.1, 0.15) is 16.5 Å². The van der Waals surface area contributed by atoms with Gasteiger partial charge in [0.25, 0.3) is 0 Å². The number of benzene rings is 1. The average molecular weight is 354 g/mol. The van der Waals surface area contributed by atoms with Gasteiger partial charge < -0.3 is 14.4 Å². The van der Waals surface area contributed by atoms with Gasteiger partial charge in [-0.15, -0.1) is 0 Å². The molecule has 0 bridgehead atoms. The third-order valence-corrected chi connectivity index (χ3v) is 4.22. The van der Waals surface area contributed by atoms with Crippen molar-refractivity contribution in [3.05, 3.63) is 43.2 Å². The number of ether oxygens (including phenoxy) is 1. The van der Waals surface area contributed by atoms with Crippen LogP contribution in [0.3, 0.4) is 0 Å². The summed E-state index contributed by atoms with van der Waals surface area (Å²) in [4.78, 5) is 34.1. The molecule has 0 saturated heterocycles. The zero-order valence-electron chi connectivity index (χ0n) is 13.1. The maximum absolute atomic E-state index is 14.3. The monoisotopic (exact) mass is 354 g/mol. The average Bonchev–Trinajstić information content (AvgIpc) is 3.33. The lowest BCUT2D eigenvalue weighted by molar-refractivity contribution is -0.386. The van der Waals surface area contributed by atoms with Crippen LogP contribution >= 0.6 is 0 Å². The van der Waals surface area contributed by atoms with E-state index in [9.17, 15) is 33.6 Å². The van der Waals surface area contributed by atoms with Gasteiger partial charge in [-0.1, -0.05) is 0 Å². The predicted molar refractivity (Wildman–Crippen MR) is 81.3 cm³/mol. The number of aromatic nitrogens is 1. The summed E-state index contributed by atoms with van der Waals surface area (Å²) in [5.41, 5.74) is -3.65. The van der Waals surface area contributed by atoms with Crippen molar-refractivity contribution in [3.63, 3.8) is 0 Å². The molecule has 2 aromatic rings. The van der Waals surface area contributed by atoms with Crippen molar-refractivity contribution in [1.29, 1.82) is 0 Å². The second-order valence-corrected chi connectivity index (χ2v) is 5.69. The molecule has 3 rings (SSSR count). The Labute approximate surface area is 138 Å². The van der Waals surface area contributed by atoms with E-state index in [0.717, 1.165) is 7.11 Å². The van der Waals surface area contributed by atoms with E-state index < -0.39 is 50.3 Å². The molecular formula is C15H12F2N2O6. The summed E-state index contributed by atoms with van der Waals surface area (Å²) in [6.07, 6.45) is 1.21. The minimum atomic E-state index is -1.87. The predicted octanol–water partition coefficient (Wildman–Crippen LogP) is 2.54. The summed E-state index contributed by atoms with van der Waals surface area (Å²) < 4.78 is 34.7. The van der Waals surface area contributed by atoms with Crippen molar-refractivity contribution in [2.45, 2.75) is 25.8 Å². The van der Waals surface area contributed by atoms with E-state index in [2.05, 4.69) is 0 Å². The molecule has 8 nitrogen and oxygen atoms in total. The molecule has 132 valence electrons. The fraction of sp³-hybridized carbons (Fsp3) is 0.333. The lowest BCUT2D eigenvalue weighted by Gasteiger charge is -2.19. The molecule has 25 heavy (non-hydrogen) atoms. The van der Waals surface area contributed by atoms with Gasteiger partial charge in [0.15, 0.2) is 5.75 Å². The van der Waals surface area contributed by atoms with Gasteiger partial charge >= 0.3 is 11.7 Å². The topological polar surface area (TPSA) is 112 Å². The first-order valence-electron chi connectivity index (χ1n) is 7.23. The fourth-order valence-corrected chi connectivity index (χ4v) is 3.06. The molecular weight excluding hydrogens is 342 g/mol. The summed E-state index contributed by atoms with van der Waals surface area (Å²) in [6.45, 7) is 1.34. The molecule has 1 aromatic carbocycles. The first kappa shape index (κ1) is 16.8. The quantitative estimate of drug-likeness (QED) is 0.667. The molecule has 1 fully saturated rings. The van der Waals surface area contributed by atoms with Gasteiger partial charge in [0.2, 0.25) is 17.1 Å². The van der Waals surface area contributed by atoms with Crippen LogP contribution in [0.25, 0.3) is 10.9 Å². The maximum atomic E-state index is 14.3. The van der Waals surface area contributed by atoms with E-state index in [0.29, 0.717) is 12.8 Å². The SMILES string of the molecule is COc1c(F)c(F)c([N+](=O)[O-])c2c(=O)c(C(=O)O)c(C)n(C3CC3)c12. The van der Waals surface area contributed by atoms with Gasteiger partial charge in [0, 0.05) is 11.7 Å². The van der Waals surface area contributed by atoms with Crippen LogP contribution in [0.1, 0.15) is 34.9 Å². The Morgan fingerprint density at radius 1 is 1.36 bits per heavy atom. The minimum absolute atomic E-state index is 0.00565. The zero-order chi connectivity index (χ0) is 18.6. The summed E-state index contributed by atoms with van der Waals surface area (Å²) in [5, 5.41) is 19.8.